The van der Waals surface area contributed by atoms with Gasteiger partial charge in [-0.3, -0.25) is 9.59 Å². The van der Waals surface area contributed by atoms with Crippen molar-refractivity contribution in [3.05, 3.63) is 41.1 Å². The molecule has 0 saturated carbocycles. The fourth-order valence-corrected chi connectivity index (χ4v) is 6.42. The highest BCUT2D eigenvalue weighted by Crippen LogP contribution is 2.39. The highest BCUT2D eigenvalue weighted by molar-refractivity contribution is 6.03. The number of fused-ring (bicyclic) bond motifs is 3. The monoisotopic (exact) mass is 556 g/mol. The molecular formula is C32H40N6O3. The Morgan fingerprint density at radius 1 is 1.02 bits per heavy atom. The summed E-state index contributed by atoms with van der Waals surface area (Å²) in [5.74, 6) is 1.61. The van der Waals surface area contributed by atoms with Gasteiger partial charge < -0.3 is 24.1 Å². The van der Waals surface area contributed by atoms with Crippen molar-refractivity contribution in [2.24, 2.45) is 12.5 Å². The number of carbonyl (C=O) groups excluding carboxylic acids is 2. The SMILES string of the molecule is COc1c2c(cc3nc(-c4cc5ccc6nc5n4CCCCCCC(C)(C)C(=O)NC6C)n(C)c13)C(=O)N(C)CC2. The van der Waals surface area contributed by atoms with Crippen molar-refractivity contribution in [3.8, 4) is 17.3 Å². The molecule has 6 rings (SSSR count). The van der Waals surface area contributed by atoms with Gasteiger partial charge in [0.1, 0.15) is 16.9 Å². The lowest BCUT2D eigenvalue weighted by atomic mass is 9.85. The summed E-state index contributed by atoms with van der Waals surface area (Å²) in [4.78, 5) is 38.0. The van der Waals surface area contributed by atoms with Crippen molar-refractivity contribution in [1.29, 1.82) is 0 Å². The van der Waals surface area contributed by atoms with E-state index >= 15 is 0 Å². The molecule has 1 atom stereocenters. The predicted octanol–water partition coefficient (Wildman–Crippen LogP) is 5.39. The van der Waals surface area contributed by atoms with Crippen LogP contribution in [0.3, 0.4) is 0 Å². The Morgan fingerprint density at radius 2 is 1.80 bits per heavy atom. The number of hydrogen-bond acceptors (Lipinski definition) is 5. The summed E-state index contributed by atoms with van der Waals surface area (Å²) < 4.78 is 10.3. The quantitative estimate of drug-likeness (QED) is 0.357. The van der Waals surface area contributed by atoms with E-state index in [1.165, 1.54) is 0 Å². The summed E-state index contributed by atoms with van der Waals surface area (Å²) >= 11 is 0. The fraction of sp³-hybridized carbons (Fsp3) is 0.500. The van der Waals surface area contributed by atoms with Gasteiger partial charge in [0.25, 0.3) is 5.91 Å². The summed E-state index contributed by atoms with van der Waals surface area (Å²) in [6.45, 7) is 7.55. The minimum Gasteiger partial charge on any atom is -0.494 e. The van der Waals surface area contributed by atoms with Crippen LogP contribution in [0.1, 0.15) is 80.5 Å². The van der Waals surface area contributed by atoms with Gasteiger partial charge in [-0.1, -0.05) is 33.1 Å². The van der Waals surface area contributed by atoms with Gasteiger partial charge in [0.15, 0.2) is 5.82 Å². The summed E-state index contributed by atoms with van der Waals surface area (Å²) in [6.07, 6.45) is 5.79. The van der Waals surface area contributed by atoms with Crippen molar-refractivity contribution in [2.75, 3.05) is 20.7 Å². The van der Waals surface area contributed by atoms with Crippen LogP contribution >= 0.6 is 0 Å². The summed E-state index contributed by atoms with van der Waals surface area (Å²) in [5.41, 5.74) is 5.56. The number of imidazole rings is 1. The summed E-state index contributed by atoms with van der Waals surface area (Å²) in [7, 11) is 5.52. The third-order valence-electron chi connectivity index (χ3n) is 9.03. The molecule has 2 amide bonds. The van der Waals surface area contributed by atoms with E-state index in [1.54, 1.807) is 12.0 Å². The van der Waals surface area contributed by atoms with Gasteiger partial charge in [-0.25, -0.2) is 9.97 Å². The first-order chi connectivity index (χ1) is 19.6. The van der Waals surface area contributed by atoms with Crippen LogP contribution in [0.5, 0.6) is 5.75 Å². The maximum atomic E-state index is 13.1. The Hall–Kier alpha value is -3.88. The van der Waals surface area contributed by atoms with Gasteiger partial charge in [0.2, 0.25) is 5.91 Å². The molecule has 0 saturated heterocycles. The minimum absolute atomic E-state index is 0.00209. The Morgan fingerprint density at radius 3 is 2.59 bits per heavy atom. The fourth-order valence-electron chi connectivity index (χ4n) is 6.42. The number of ether oxygens (including phenoxy) is 1. The van der Waals surface area contributed by atoms with Crippen molar-refractivity contribution in [3.63, 3.8) is 0 Å². The van der Waals surface area contributed by atoms with Crippen LogP contribution in [0.2, 0.25) is 0 Å². The Balaban J connectivity index is 1.51. The molecule has 9 heteroatoms. The predicted molar refractivity (Wildman–Crippen MR) is 160 cm³/mol. The molecule has 0 radical (unpaired) electrons. The first-order valence-electron chi connectivity index (χ1n) is 14.7. The zero-order valence-corrected chi connectivity index (χ0v) is 25.0. The zero-order chi connectivity index (χ0) is 29.1. The van der Waals surface area contributed by atoms with Gasteiger partial charge in [-0.05, 0) is 50.5 Å². The lowest BCUT2D eigenvalue weighted by molar-refractivity contribution is -0.130. The van der Waals surface area contributed by atoms with Gasteiger partial charge in [0, 0.05) is 49.1 Å². The number of pyridine rings is 1. The molecule has 1 N–H and O–H groups in total. The van der Waals surface area contributed by atoms with Crippen LogP contribution in [0.4, 0.5) is 0 Å². The number of aryl methyl sites for hydroxylation is 2. The summed E-state index contributed by atoms with van der Waals surface area (Å²) in [5, 5.41) is 4.24. The van der Waals surface area contributed by atoms with Gasteiger partial charge >= 0.3 is 0 Å². The van der Waals surface area contributed by atoms with Crippen molar-refractivity contribution in [1.82, 2.24) is 29.3 Å². The number of nitrogens with one attached hydrogen (secondary N) is 1. The van der Waals surface area contributed by atoms with E-state index in [0.717, 1.165) is 95.7 Å². The minimum atomic E-state index is -0.406. The van der Waals surface area contributed by atoms with Crippen molar-refractivity contribution in [2.45, 2.75) is 71.9 Å². The molecule has 9 nitrogen and oxygen atoms in total. The van der Waals surface area contributed by atoms with Crippen LogP contribution in [0, 0.1) is 5.41 Å². The highest BCUT2D eigenvalue weighted by Gasteiger charge is 2.31. The molecule has 216 valence electrons. The third-order valence-corrected chi connectivity index (χ3v) is 9.03. The van der Waals surface area contributed by atoms with Crippen LogP contribution < -0.4 is 10.1 Å². The van der Waals surface area contributed by atoms with E-state index in [4.69, 9.17) is 14.7 Å². The average Bonchev–Trinajstić information content (AvgIpc) is 3.47. The first kappa shape index (κ1) is 27.3. The third kappa shape index (κ3) is 4.55. The Kier molecular flexibility index (Phi) is 6.78. The number of hydrogen-bond donors (Lipinski definition) is 1. The number of likely N-dealkylation sites (N-methyl/N-ethyl adjacent to an activating group) is 1. The van der Waals surface area contributed by atoms with E-state index < -0.39 is 5.41 Å². The first-order valence-corrected chi connectivity index (χ1v) is 14.7. The number of methoxy groups -OCH3 is 1. The molecule has 0 fully saturated rings. The highest BCUT2D eigenvalue weighted by atomic mass is 16.5. The van der Waals surface area contributed by atoms with Crippen LogP contribution in [0.15, 0.2) is 24.3 Å². The lowest BCUT2D eigenvalue weighted by Crippen LogP contribution is -2.38. The normalized spacial score (nSPS) is 19.9. The van der Waals surface area contributed by atoms with Gasteiger partial charge in [0.05, 0.1) is 30.1 Å². The van der Waals surface area contributed by atoms with E-state index in [-0.39, 0.29) is 17.9 Å². The number of carbonyl (C=O) groups is 2. The molecular weight excluding hydrogens is 516 g/mol. The lowest BCUT2D eigenvalue weighted by Gasteiger charge is -2.26. The molecule has 0 aliphatic carbocycles. The largest absolute Gasteiger partial charge is 0.494 e. The zero-order valence-electron chi connectivity index (χ0n) is 25.0. The summed E-state index contributed by atoms with van der Waals surface area (Å²) in [6, 6.07) is 7.97. The molecule has 2 bridgehead atoms. The van der Waals surface area contributed by atoms with Crippen molar-refractivity contribution < 1.29 is 14.3 Å². The molecule has 1 aromatic carbocycles. The molecule has 0 spiro atoms. The second-order valence-electron chi connectivity index (χ2n) is 12.3. The smallest absolute Gasteiger partial charge is 0.254 e. The standard InChI is InChI=1S/C32H40N6O3/c1-19-23-12-11-20-17-25(38(28(20)34-23)15-10-8-7-9-14-32(2,3)31(40)33-19)29-35-24-18-22-21(13-16-36(4)30(22)39)27(41-6)26(24)37(29)5/h11-12,17-19H,7-10,13-16H2,1-6H3,(H,33,40). The van der Waals surface area contributed by atoms with E-state index in [9.17, 15) is 9.59 Å². The molecule has 41 heavy (non-hydrogen) atoms. The maximum absolute atomic E-state index is 13.1. The van der Waals surface area contributed by atoms with E-state index in [1.807, 2.05) is 47.0 Å². The molecule has 2 aliphatic heterocycles. The van der Waals surface area contributed by atoms with E-state index in [2.05, 4.69) is 26.6 Å². The maximum Gasteiger partial charge on any atom is 0.254 e. The number of aromatic nitrogens is 4. The molecule has 1 unspecified atom stereocenters. The second-order valence-corrected chi connectivity index (χ2v) is 12.3. The number of amides is 2. The van der Waals surface area contributed by atoms with Gasteiger partial charge in [-0.2, -0.15) is 0 Å². The Bertz CT molecular complexity index is 1680. The van der Waals surface area contributed by atoms with Gasteiger partial charge in [-0.15, -0.1) is 0 Å². The number of rotatable bonds is 2. The van der Waals surface area contributed by atoms with Crippen LogP contribution in [-0.4, -0.2) is 56.5 Å². The number of benzene rings is 1. The second kappa shape index (κ2) is 10.2. The van der Waals surface area contributed by atoms with Crippen molar-refractivity contribution >= 4 is 33.9 Å². The average molecular weight is 557 g/mol. The molecule has 2 aliphatic rings. The van der Waals surface area contributed by atoms with Crippen LogP contribution in [0.25, 0.3) is 33.6 Å². The van der Waals surface area contributed by atoms with Crippen LogP contribution in [-0.2, 0) is 24.8 Å². The molecule has 4 aromatic rings. The topological polar surface area (TPSA) is 94.3 Å². The molecule has 5 heterocycles. The van der Waals surface area contributed by atoms with E-state index in [0.29, 0.717) is 12.1 Å². The molecule has 3 aromatic heterocycles. The Labute approximate surface area is 240 Å². The number of nitrogens with zero attached hydrogens (tertiary/aromatic N) is 5.